The summed E-state index contributed by atoms with van der Waals surface area (Å²) in [6.07, 6.45) is 1.01. The van der Waals surface area contributed by atoms with Gasteiger partial charge in [0.25, 0.3) is 0 Å². The molecule has 1 N–H and O–H groups in total. The van der Waals surface area contributed by atoms with E-state index in [1.807, 2.05) is 16.8 Å². The van der Waals surface area contributed by atoms with Crippen molar-refractivity contribution in [2.24, 2.45) is 5.92 Å². The van der Waals surface area contributed by atoms with Crippen molar-refractivity contribution in [1.82, 2.24) is 15.0 Å². The van der Waals surface area contributed by atoms with E-state index in [1.54, 1.807) is 0 Å². The highest BCUT2D eigenvalue weighted by molar-refractivity contribution is 5.27. The van der Waals surface area contributed by atoms with Gasteiger partial charge in [-0.05, 0) is 30.0 Å². The molecule has 0 aliphatic rings. The van der Waals surface area contributed by atoms with Crippen molar-refractivity contribution < 1.29 is 9.84 Å². The van der Waals surface area contributed by atoms with Crippen LogP contribution in [0.3, 0.4) is 0 Å². The molecule has 0 unspecified atom stereocenters. The summed E-state index contributed by atoms with van der Waals surface area (Å²) in [6, 6.07) is 8.06. The van der Waals surface area contributed by atoms with Gasteiger partial charge in [-0.15, -0.1) is 5.10 Å². The molecule has 0 saturated carbocycles. The Morgan fingerprint density at radius 3 is 2.52 bits per heavy atom. The maximum atomic E-state index is 9.36. The summed E-state index contributed by atoms with van der Waals surface area (Å²) in [5.41, 5.74) is 2.71. The van der Waals surface area contributed by atoms with Crippen LogP contribution in [0.25, 0.3) is 0 Å². The van der Waals surface area contributed by atoms with E-state index >= 15 is 0 Å². The fraction of sp³-hybridized carbons (Fsp3) is 0.500. The van der Waals surface area contributed by atoms with Gasteiger partial charge in [0.15, 0.2) is 0 Å². The molecule has 0 bridgehead atoms. The van der Waals surface area contributed by atoms with Gasteiger partial charge >= 0.3 is 0 Å². The van der Waals surface area contributed by atoms with Crippen LogP contribution in [0, 0.1) is 5.92 Å². The first kappa shape index (κ1) is 15.5. The van der Waals surface area contributed by atoms with Crippen LogP contribution >= 0.6 is 0 Å². The molecule has 2 rings (SSSR count). The van der Waals surface area contributed by atoms with Crippen molar-refractivity contribution in [3.63, 3.8) is 0 Å². The van der Waals surface area contributed by atoms with Crippen LogP contribution in [0.4, 0.5) is 0 Å². The second-order valence-corrected chi connectivity index (χ2v) is 5.50. The van der Waals surface area contributed by atoms with Crippen molar-refractivity contribution >= 4 is 0 Å². The minimum Gasteiger partial charge on any atom is -0.487 e. The lowest BCUT2D eigenvalue weighted by molar-refractivity contribution is 0.260. The molecule has 0 atom stereocenters. The molecule has 0 spiro atoms. The van der Waals surface area contributed by atoms with Gasteiger partial charge in [-0.2, -0.15) is 0 Å². The Morgan fingerprint density at radius 1 is 1.24 bits per heavy atom. The summed E-state index contributed by atoms with van der Waals surface area (Å²) in [6.45, 7) is 7.37. The number of rotatable bonds is 7. The Labute approximate surface area is 125 Å². The lowest BCUT2D eigenvalue weighted by Gasteiger charge is -2.11. The van der Waals surface area contributed by atoms with Crippen LogP contribution in [-0.4, -0.2) is 20.1 Å². The minimum atomic E-state index is -0.119. The zero-order chi connectivity index (χ0) is 15.2. The standard InChI is InChI=1S/C16H23N3O2/c1-4-13-5-7-14(8-6-13)21-11-16-15(10-20)17-18-19(16)9-12(2)3/h5-8,12,20H,4,9-11H2,1-3H3. The summed E-state index contributed by atoms with van der Waals surface area (Å²) in [5, 5.41) is 17.5. The largest absolute Gasteiger partial charge is 0.487 e. The third kappa shape index (κ3) is 4.04. The molecule has 1 aromatic carbocycles. The van der Waals surface area contributed by atoms with Crippen molar-refractivity contribution in [3.8, 4) is 5.75 Å². The van der Waals surface area contributed by atoms with Crippen LogP contribution in [0.15, 0.2) is 24.3 Å². The van der Waals surface area contributed by atoms with Gasteiger partial charge in [0.1, 0.15) is 23.7 Å². The second kappa shape index (κ2) is 7.22. The summed E-state index contributed by atoms with van der Waals surface area (Å²) in [4.78, 5) is 0. The van der Waals surface area contributed by atoms with E-state index in [4.69, 9.17) is 4.74 Å². The molecule has 0 fully saturated rings. The zero-order valence-electron chi connectivity index (χ0n) is 12.9. The summed E-state index contributed by atoms with van der Waals surface area (Å²) < 4.78 is 7.62. The van der Waals surface area contributed by atoms with Gasteiger partial charge in [0.2, 0.25) is 0 Å². The molecule has 5 heteroatoms. The van der Waals surface area contributed by atoms with E-state index < -0.39 is 0 Å². The molecule has 21 heavy (non-hydrogen) atoms. The number of hydrogen-bond acceptors (Lipinski definition) is 4. The Morgan fingerprint density at radius 2 is 1.95 bits per heavy atom. The number of nitrogens with zero attached hydrogens (tertiary/aromatic N) is 3. The molecule has 0 aliphatic heterocycles. The van der Waals surface area contributed by atoms with Gasteiger partial charge in [-0.3, -0.25) is 0 Å². The summed E-state index contributed by atoms with van der Waals surface area (Å²) in [5.74, 6) is 1.27. The first-order valence-electron chi connectivity index (χ1n) is 7.37. The number of hydrogen-bond donors (Lipinski definition) is 1. The van der Waals surface area contributed by atoms with E-state index in [1.165, 1.54) is 5.56 Å². The lowest BCUT2D eigenvalue weighted by atomic mass is 10.2. The maximum Gasteiger partial charge on any atom is 0.132 e. The van der Waals surface area contributed by atoms with Gasteiger partial charge in [-0.1, -0.05) is 38.1 Å². The fourth-order valence-electron chi connectivity index (χ4n) is 2.11. The van der Waals surface area contributed by atoms with E-state index in [0.717, 1.165) is 24.4 Å². The number of benzene rings is 1. The number of aryl methyl sites for hydroxylation is 1. The molecular weight excluding hydrogens is 266 g/mol. The summed E-state index contributed by atoms with van der Waals surface area (Å²) in [7, 11) is 0. The van der Waals surface area contributed by atoms with E-state index in [-0.39, 0.29) is 6.61 Å². The fourth-order valence-corrected chi connectivity index (χ4v) is 2.11. The normalized spacial score (nSPS) is 11.1. The second-order valence-electron chi connectivity index (χ2n) is 5.50. The lowest BCUT2D eigenvalue weighted by Crippen LogP contribution is -2.12. The number of ether oxygens (including phenoxy) is 1. The molecule has 2 aromatic rings. The molecule has 5 nitrogen and oxygen atoms in total. The van der Waals surface area contributed by atoms with Crippen LogP contribution in [0.5, 0.6) is 5.75 Å². The third-order valence-corrected chi connectivity index (χ3v) is 3.31. The van der Waals surface area contributed by atoms with E-state index in [9.17, 15) is 5.11 Å². The smallest absolute Gasteiger partial charge is 0.132 e. The SMILES string of the molecule is CCc1ccc(OCc2c(CO)nnn2CC(C)C)cc1. The monoisotopic (exact) mass is 289 g/mol. The number of aromatic nitrogens is 3. The molecule has 0 aliphatic carbocycles. The van der Waals surface area contributed by atoms with Crippen LogP contribution < -0.4 is 4.74 Å². The third-order valence-electron chi connectivity index (χ3n) is 3.31. The Balaban J connectivity index is 2.08. The highest BCUT2D eigenvalue weighted by atomic mass is 16.5. The van der Waals surface area contributed by atoms with E-state index in [2.05, 4.69) is 43.2 Å². The van der Waals surface area contributed by atoms with Gasteiger partial charge < -0.3 is 9.84 Å². The van der Waals surface area contributed by atoms with Crippen molar-refractivity contribution in [1.29, 1.82) is 0 Å². The first-order valence-corrected chi connectivity index (χ1v) is 7.37. The Kier molecular flexibility index (Phi) is 5.33. The zero-order valence-corrected chi connectivity index (χ0v) is 12.9. The number of aliphatic hydroxyl groups excluding tert-OH is 1. The molecule has 1 heterocycles. The van der Waals surface area contributed by atoms with Gasteiger partial charge in [0, 0.05) is 6.54 Å². The van der Waals surface area contributed by atoms with Gasteiger partial charge in [-0.25, -0.2) is 4.68 Å². The van der Waals surface area contributed by atoms with E-state index in [0.29, 0.717) is 18.2 Å². The average Bonchev–Trinajstić information content (AvgIpc) is 2.86. The highest BCUT2D eigenvalue weighted by Gasteiger charge is 2.13. The summed E-state index contributed by atoms with van der Waals surface area (Å²) >= 11 is 0. The van der Waals surface area contributed by atoms with Crippen molar-refractivity contribution in [2.45, 2.75) is 47.0 Å². The predicted octanol–water partition coefficient (Wildman–Crippen LogP) is 2.57. The molecule has 1 aromatic heterocycles. The molecule has 0 amide bonds. The Bertz CT molecular complexity index is 561. The maximum absolute atomic E-state index is 9.36. The predicted molar refractivity (Wildman–Crippen MR) is 80.9 cm³/mol. The van der Waals surface area contributed by atoms with Crippen LogP contribution in [0.2, 0.25) is 0 Å². The average molecular weight is 289 g/mol. The quantitative estimate of drug-likeness (QED) is 0.851. The molecular formula is C16H23N3O2. The topological polar surface area (TPSA) is 60.2 Å². The Hall–Kier alpha value is -1.88. The number of aliphatic hydroxyl groups is 1. The van der Waals surface area contributed by atoms with Crippen LogP contribution in [-0.2, 0) is 26.2 Å². The minimum absolute atomic E-state index is 0.119. The molecule has 0 saturated heterocycles. The molecule has 114 valence electrons. The van der Waals surface area contributed by atoms with Crippen molar-refractivity contribution in [2.75, 3.05) is 0 Å². The first-order chi connectivity index (χ1) is 10.1. The molecule has 0 radical (unpaired) electrons. The van der Waals surface area contributed by atoms with Gasteiger partial charge in [0.05, 0.1) is 6.61 Å². The highest BCUT2D eigenvalue weighted by Crippen LogP contribution is 2.16. The van der Waals surface area contributed by atoms with Crippen LogP contribution in [0.1, 0.15) is 37.7 Å². The van der Waals surface area contributed by atoms with Crippen molar-refractivity contribution in [3.05, 3.63) is 41.2 Å².